The molecule has 0 saturated carbocycles. The van der Waals surface area contributed by atoms with Gasteiger partial charge in [0.05, 0.1) is 7.11 Å². The van der Waals surface area contributed by atoms with Crippen LogP contribution in [0, 0.1) is 0 Å². The number of likely N-dealkylation sites (tertiary alicyclic amines) is 1. The van der Waals surface area contributed by atoms with Gasteiger partial charge in [-0.15, -0.1) is 10.2 Å². The Hall–Kier alpha value is -1.40. The van der Waals surface area contributed by atoms with Crippen LogP contribution in [-0.2, 0) is 4.74 Å². The van der Waals surface area contributed by atoms with Gasteiger partial charge in [0.15, 0.2) is 11.0 Å². The van der Waals surface area contributed by atoms with E-state index in [1.54, 1.807) is 0 Å². The fourth-order valence-electron chi connectivity index (χ4n) is 2.22. The molecule has 2 rings (SSSR count). The minimum absolute atomic E-state index is 0.173. The van der Waals surface area contributed by atoms with Crippen molar-refractivity contribution in [2.24, 2.45) is 0 Å². The molecule has 0 spiro atoms. The summed E-state index contributed by atoms with van der Waals surface area (Å²) in [7, 11) is 3.40. The number of halogens is 1. The molecule has 0 bridgehead atoms. The summed E-state index contributed by atoms with van der Waals surface area (Å²) in [4.78, 5) is 13.9. The normalized spacial score (nSPS) is 20.1. The molecule has 0 amide bonds. The number of hydrogen-bond donors (Lipinski definition) is 1. The van der Waals surface area contributed by atoms with Crippen LogP contribution in [0.5, 0.6) is 0 Å². The zero-order valence-electron chi connectivity index (χ0n) is 11.0. The highest BCUT2D eigenvalue weighted by Gasteiger charge is 2.21. The van der Waals surface area contributed by atoms with E-state index in [2.05, 4.69) is 27.5 Å². The van der Waals surface area contributed by atoms with E-state index in [1.165, 1.54) is 13.2 Å². The van der Waals surface area contributed by atoms with E-state index in [-0.39, 0.29) is 11.2 Å². The van der Waals surface area contributed by atoms with Crippen molar-refractivity contribution in [3.05, 3.63) is 16.8 Å². The number of nitrogens with zero attached hydrogens (tertiary/aromatic N) is 3. The van der Waals surface area contributed by atoms with Crippen molar-refractivity contribution >= 4 is 23.4 Å². The van der Waals surface area contributed by atoms with E-state index < -0.39 is 5.97 Å². The topological polar surface area (TPSA) is 67.3 Å². The van der Waals surface area contributed by atoms with Crippen molar-refractivity contribution in [1.82, 2.24) is 15.1 Å². The number of carbonyl (C=O) groups excluding carboxylic acids is 1. The van der Waals surface area contributed by atoms with Crippen LogP contribution in [-0.4, -0.2) is 54.4 Å². The molecule has 0 unspecified atom stereocenters. The second-order valence-electron chi connectivity index (χ2n) is 4.67. The van der Waals surface area contributed by atoms with Gasteiger partial charge in [0.25, 0.3) is 0 Å². The molecular formula is C12H17ClN4O2. The van der Waals surface area contributed by atoms with E-state index in [1.807, 2.05) is 0 Å². The Morgan fingerprint density at radius 1 is 1.58 bits per heavy atom. The van der Waals surface area contributed by atoms with Crippen LogP contribution < -0.4 is 5.32 Å². The van der Waals surface area contributed by atoms with Crippen LogP contribution in [0.4, 0.5) is 5.82 Å². The van der Waals surface area contributed by atoms with Crippen LogP contribution in [0.1, 0.15) is 23.2 Å². The molecule has 1 saturated heterocycles. The molecule has 1 aromatic rings. The molecule has 1 fully saturated rings. The second-order valence-corrected chi connectivity index (χ2v) is 5.05. The summed E-state index contributed by atoms with van der Waals surface area (Å²) in [6, 6.07) is 1.72. The van der Waals surface area contributed by atoms with E-state index in [0.717, 1.165) is 25.9 Å². The summed E-state index contributed by atoms with van der Waals surface area (Å²) < 4.78 is 4.73. The number of ether oxygens (including phenoxy) is 1. The van der Waals surface area contributed by atoms with Gasteiger partial charge in [-0.05, 0) is 32.5 Å². The Kier molecular flexibility index (Phi) is 4.55. The first kappa shape index (κ1) is 14.0. The molecule has 1 atom stereocenters. The number of aromatic nitrogens is 2. The highest BCUT2D eigenvalue weighted by atomic mass is 35.5. The molecule has 0 radical (unpaired) electrons. The highest BCUT2D eigenvalue weighted by Crippen LogP contribution is 2.19. The molecule has 6 nitrogen and oxygen atoms in total. The first-order valence-electron chi connectivity index (χ1n) is 6.16. The number of methoxy groups -OCH3 is 1. The molecule has 0 aromatic carbocycles. The third-order valence-electron chi connectivity index (χ3n) is 3.13. The minimum Gasteiger partial charge on any atom is -0.465 e. The van der Waals surface area contributed by atoms with Crippen LogP contribution in [0.25, 0.3) is 0 Å². The molecule has 0 aliphatic carbocycles. The molecular weight excluding hydrogens is 268 g/mol. The fourth-order valence-corrected chi connectivity index (χ4v) is 2.36. The number of carbonyl (C=O) groups is 1. The maximum atomic E-state index is 11.7. The zero-order valence-corrected chi connectivity index (χ0v) is 11.8. The molecule has 1 N–H and O–H groups in total. The monoisotopic (exact) mass is 284 g/mol. The van der Waals surface area contributed by atoms with Gasteiger partial charge in [-0.2, -0.15) is 0 Å². The third-order valence-corrected chi connectivity index (χ3v) is 3.32. The van der Waals surface area contributed by atoms with Gasteiger partial charge in [0.2, 0.25) is 0 Å². The standard InChI is InChI=1S/C12H17ClN4O2/c1-17-5-3-4-8(7-17)14-11-9(12(18)19-2)6-10(13)15-16-11/h6,8H,3-5,7H2,1-2H3,(H,14,16)/t8-/m1/s1. The Morgan fingerprint density at radius 3 is 3.05 bits per heavy atom. The highest BCUT2D eigenvalue weighted by molar-refractivity contribution is 6.29. The van der Waals surface area contributed by atoms with E-state index in [0.29, 0.717) is 11.4 Å². The van der Waals surface area contributed by atoms with Crippen molar-refractivity contribution in [3.8, 4) is 0 Å². The van der Waals surface area contributed by atoms with Crippen molar-refractivity contribution in [2.75, 3.05) is 32.6 Å². The smallest absolute Gasteiger partial charge is 0.341 e. The Morgan fingerprint density at radius 2 is 2.37 bits per heavy atom. The lowest BCUT2D eigenvalue weighted by Gasteiger charge is -2.30. The van der Waals surface area contributed by atoms with E-state index >= 15 is 0 Å². The first-order valence-corrected chi connectivity index (χ1v) is 6.54. The van der Waals surface area contributed by atoms with Gasteiger partial charge in [0.1, 0.15) is 5.56 Å². The molecule has 7 heteroatoms. The molecule has 104 valence electrons. The number of likely N-dealkylation sites (N-methyl/N-ethyl adjacent to an activating group) is 1. The zero-order chi connectivity index (χ0) is 13.8. The van der Waals surface area contributed by atoms with Crippen molar-refractivity contribution in [2.45, 2.75) is 18.9 Å². The Balaban J connectivity index is 2.17. The van der Waals surface area contributed by atoms with Gasteiger partial charge in [-0.1, -0.05) is 11.6 Å². The first-order chi connectivity index (χ1) is 9.10. The number of rotatable bonds is 3. The van der Waals surface area contributed by atoms with Crippen molar-refractivity contribution in [1.29, 1.82) is 0 Å². The van der Waals surface area contributed by atoms with Crippen LogP contribution in [0.15, 0.2) is 6.07 Å². The summed E-state index contributed by atoms with van der Waals surface area (Å²) in [5.41, 5.74) is 0.315. The average Bonchev–Trinajstić information content (AvgIpc) is 2.40. The predicted octanol–water partition coefficient (Wildman–Crippen LogP) is 1.42. The predicted molar refractivity (Wildman–Crippen MR) is 72.5 cm³/mol. The van der Waals surface area contributed by atoms with Crippen molar-refractivity contribution in [3.63, 3.8) is 0 Å². The van der Waals surface area contributed by atoms with E-state index in [4.69, 9.17) is 16.3 Å². The quantitative estimate of drug-likeness (QED) is 0.847. The molecule has 19 heavy (non-hydrogen) atoms. The van der Waals surface area contributed by atoms with Gasteiger partial charge in [-0.3, -0.25) is 0 Å². The SMILES string of the molecule is COC(=O)c1cc(Cl)nnc1N[C@@H]1CCCN(C)C1. The Labute approximate surface area is 117 Å². The number of nitrogens with one attached hydrogen (secondary N) is 1. The van der Waals surface area contributed by atoms with Crippen LogP contribution in [0.2, 0.25) is 5.15 Å². The lowest BCUT2D eigenvalue weighted by atomic mass is 10.1. The minimum atomic E-state index is -0.469. The van der Waals surface area contributed by atoms with Gasteiger partial charge in [0, 0.05) is 12.6 Å². The lowest BCUT2D eigenvalue weighted by Crippen LogP contribution is -2.40. The number of anilines is 1. The lowest BCUT2D eigenvalue weighted by molar-refractivity contribution is 0.0601. The number of piperidine rings is 1. The number of esters is 1. The second kappa shape index (κ2) is 6.16. The largest absolute Gasteiger partial charge is 0.465 e. The maximum absolute atomic E-state index is 11.7. The summed E-state index contributed by atoms with van der Waals surface area (Å²) in [5.74, 6) is -0.0417. The molecule has 1 aliphatic heterocycles. The third kappa shape index (κ3) is 3.54. The van der Waals surface area contributed by atoms with Gasteiger partial charge < -0.3 is 15.0 Å². The molecule has 1 aromatic heterocycles. The molecule has 2 heterocycles. The Bertz CT molecular complexity index is 469. The fraction of sp³-hybridized carbons (Fsp3) is 0.583. The average molecular weight is 285 g/mol. The summed E-state index contributed by atoms with van der Waals surface area (Å²) in [6.45, 7) is 2.00. The van der Waals surface area contributed by atoms with Gasteiger partial charge in [-0.25, -0.2) is 4.79 Å². The number of hydrogen-bond acceptors (Lipinski definition) is 6. The van der Waals surface area contributed by atoms with Crippen LogP contribution in [0.3, 0.4) is 0 Å². The van der Waals surface area contributed by atoms with Gasteiger partial charge >= 0.3 is 5.97 Å². The van der Waals surface area contributed by atoms with Crippen molar-refractivity contribution < 1.29 is 9.53 Å². The molecule has 1 aliphatic rings. The van der Waals surface area contributed by atoms with Crippen LogP contribution >= 0.6 is 11.6 Å². The summed E-state index contributed by atoms with van der Waals surface area (Å²) in [5, 5.41) is 11.1. The summed E-state index contributed by atoms with van der Waals surface area (Å²) >= 11 is 5.77. The van der Waals surface area contributed by atoms with E-state index in [9.17, 15) is 4.79 Å². The maximum Gasteiger partial charge on any atom is 0.341 e. The summed E-state index contributed by atoms with van der Waals surface area (Å²) in [6.07, 6.45) is 2.15.